The molecule has 0 aromatic carbocycles. The maximum Gasteiger partial charge on any atom is 0.472 e. The van der Waals surface area contributed by atoms with Crippen LogP contribution in [-0.4, -0.2) is 108 Å². The number of carbonyl (C=O) groups is 1. The number of aliphatic hydroxyl groups is 7. The van der Waals surface area contributed by atoms with Gasteiger partial charge in [-0.3, -0.25) is 13.8 Å². The van der Waals surface area contributed by atoms with Crippen LogP contribution < -0.4 is 5.32 Å². The lowest BCUT2D eigenvalue weighted by atomic mass is 9.85. The number of allylic oxidation sites excluding steroid dienone is 5. The smallest absolute Gasteiger partial charge is 0.393 e. The van der Waals surface area contributed by atoms with E-state index in [9.17, 15) is 50.0 Å². The highest BCUT2D eigenvalue weighted by molar-refractivity contribution is 7.47. The van der Waals surface area contributed by atoms with Gasteiger partial charge in [-0.15, -0.1) is 0 Å². The third-order valence-corrected chi connectivity index (χ3v) is 11.4. The molecule has 0 heterocycles. The Balaban J connectivity index is 2.64. The molecule has 1 rings (SSSR count). The molecule has 0 aromatic heterocycles. The van der Waals surface area contributed by atoms with E-state index in [1.54, 1.807) is 6.08 Å². The number of phosphoric acid groups is 1. The van der Waals surface area contributed by atoms with Gasteiger partial charge >= 0.3 is 7.82 Å². The third-order valence-electron chi connectivity index (χ3n) is 10.5. The summed E-state index contributed by atoms with van der Waals surface area (Å²) >= 11 is 0. The Kier molecular flexibility index (Phi) is 31.2. The quantitative estimate of drug-likeness (QED) is 0.0187. The average molecular weight is 834 g/mol. The molecule has 1 fully saturated rings. The van der Waals surface area contributed by atoms with Gasteiger partial charge in [0.1, 0.15) is 36.6 Å². The molecular formula is C43H80NO12P. The average Bonchev–Trinajstić information content (AvgIpc) is 3.18. The van der Waals surface area contributed by atoms with Crippen LogP contribution in [0.4, 0.5) is 0 Å². The first kappa shape index (κ1) is 53.5. The second-order valence-corrected chi connectivity index (χ2v) is 17.1. The van der Waals surface area contributed by atoms with Crippen molar-refractivity contribution in [2.24, 2.45) is 0 Å². The molecule has 1 saturated carbocycles. The highest BCUT2D eigenvalue weighted by atomic mass is 31.2. The molecule has 1 aliphatic carbocycles. The number of amides is 1. The Morgan fingerprint density at radius 1 is 0.614 bits per heavy atom. The minimum atomic E-state index is -5.15. The van der Waals surface area contributed by atoms with Crippen molar-refractivity contribution >= 4 is 13.7 Å². The zero-order chi connectivity index (χ0) is 42.3. The third kappa shape index (κ3) is 25.7. The van der Waals surface area contributed by atoms with Crippen molar-refractivity contribution < 1.29 is 59.0 Å². The molecule has 13 nitrogen and oxygen atoms in total. The molecule has 1 amide bonds. The molecule has 8 unspecified atom stereocenters. The summed E-state index contributed by atoms with van der Waals surface area (Å²) in [6, 6.07) is -1.26. The Morgan fingerprint density at radius 2 is 1.04 bits per heavy atom. The molecule has 0 aliphatic heterocycles. The van der Waals surface area contributed by atoms with E-state index in [4.69, 9.17) is 9.05 Å². The first-order chi connectivity index (χ1) is 27.3. The van der Waals surface area contributed by atoms with Crippen LogP contribution in [0.25, 0.3) is 0 Å². The van der Waals surface area contributed by atoms with Gasteiger partial charge in [0.05, 0.1) is 31.3 Å². The van der Waals surface area contributed by atoms with Crippen LogP contribution in [0.15, 0.2) is 36.5 Å². The lowest BCUT2D eigenvalue weighted by Gasteiger charge is -2.41. The summed E-state index contributed by atoms with van der Waals surface area (Å²) in [7, 11) is -5.15. The van der Waals surface area contributed by atoms with Gasteiger partial charge in [-0.1, -0.05) is 153 Å². The zero-order valence-electron chi connectivity index (χ0n) is 35.0. The van der Waals surface area contributed by atoms with Crippen LogP contribution in [0, 0.1) is 0 Å². The first-order valence-electron chi connectivity index (χ1n) is 22.0. The van der Waals surface area contributed by atoms with E-state index < -0.39 is 75.2 Å². The van der Waals surface area contributed by atoms with Crippen molar-refractivity contribution in [1.82, 2.24) is 5.32 Å². The molecule has 0 radical (unpaired) electrons. The fourth-order valence-corrected chi connectivity index (χ4v) is 7.77. The first-order valence-corrected chi connectivity index (χ1v) is 23.5. The largest absolute Gasteiger partial charge is 0.472 e. The van der Waals surface area contributed by atoms with Gasteiger partial charge in [0.15, 0.2) is 0 Å². The van der Waals surface area contributed by atoms with E-state index in [1.807, 2.05) is 0 Å². The molecular weight excluding hydrogens is 753 g/mol. The van der Waals surface area contributed by atoms with E-state index in [-0.39, 0.29) is 6.42 Å². The number of rotatable bonds is 35. The molecule has 0 bridgehead atoms. The summed E-state index contributed by atoms with van der Waals surface area (Å²) in [5.74, 6) is -0.609. The molecule has 9 N–H and O–H groups in total. The van der Waals surface area contributed by atoms with Gasteiger partial charge in [0, 0.05) is 0 Å². The van der Waals surface area contributed by atoms with Gasteiger partial charge in [-0.2, -0.15) is 0 Å². The van der Waals surface area contributed by atoms with Crippen LogP contribution >= 0.6 is 7.82 Å². The second kappa shape index (κ2) is 33.3. The highest BCUT2D eigenvalue weighted by Gasteiger charge is 2.51. The number of hydrogen-bond acceptors (Lipinski definition) is 11. The van der Waals surface area contributed by atoms with E-state index in [0.717, 1.165) is 44.9 Å². The Bertz CT molecular complexity index is 1120. The maximum absolute atomic E-state index is 12.9. The lowest BCUT2D eigenvalue weighted by Crippen LogP contribution is -2.64. The number of phosphoric ester groups is 1. The number of hydrogen-bond donors (Lipinski definition) is 9. The Labute approximate surface area is 343 Å². The molecule has 1 aliphatic rings. The van der Waals surface area contributed by atoms with Gasteiger partial charge in [-0.25, -0.2) is 4.57 Å². The molecule has 334 valence electrons. The van der Waals surface area contributed by atoms with E-state index in [2.05, 4.69) is 43.5 Å². The van der Waals surface area contributed by atoms with Gasteiger partial charge in [-0.05, 0) is 44.9 Å². The molecule has 8 atom stereocenters. The van der Waals surface area contributed by atoms with E-state index >= 15 is 0 Å². The predicted octanol–water partition coefficient (Wildman–Crippen LogP) is 6.58. The number of aliphatic hydroxyl groups excluding tert-OH is 7. The normalized spacial score (nSPS) is 24.3. The minimum Gasteiger partial charge on any atom is -0.393 e. The predicted molar refractivity (Wildman–Crippen MR) is 224 cm³/mol. The van der Waals surface area contributed by atoms with Crippen LogP contribution in [0.3, 0.4) is 0 Å². The van der Waals surface area contributed by atoms with Crippen LogP contribution in [0.2, 0.25) is 0 Å². The topological polar surface area (TPSA) is 226 Å². The molecule has 57 heavy (non-hydrogen) atoms. The van der Waals surface area contributed by atoms with Crippen molar-refractivity contribution in [2.45, 2.75) is 223 Å². The lowest BCUT2D eigenvalue weighted by molar-refractivity contribution is -0.220. The van der Waals surface area contributed by atoms with Crippen LogP contribution in [-0.2, 0) is 18.4 Å². The molecule has 0 aromatic rings. The highest BCUT2D eigenvalue weighted by Crippen LogP contribution is 2.47. The van der Waals surface area contributed by atoms with Gasteiger partial charge < -0.3 is 46.0 Å². The van der Waals surface area contributed by atoms with Crippen molar-refractivity contribution in [3.8, 4) is 0 Å². The second-order valence-electron chi connectivity index (χ2n) is 15.7. The maximum atomic E-state index is 12.9. The molecule has 14 heteroatoms. The Morgan fingerprint density at radius 3 is 1.54 bits per heavy atom. The van der Waals surface area contributed by atoms with Crippen LogP contribution in [0.1, 0.15) is 168 Å². The zero-order valence-corrected chi connectivity index (χ0v) is 35.9. The summed E-state index contributed by atoms with van der Waals surface area (Å²) in [6.45, 7) is 3.68. The van der Waals surface area contributed by atoms with Crippen molar-refractivity contribution in [1.29, 1.82) is 0 Å². The fourth-order valence-electron chi connectivity index (χ4n) is 6.80. The number of unbranched alkanes of at least 4 members (excludes halogenated alkanes) is 18. The SMILES string of the molecule is CCCCCCCCC/C=C/CC/C=C/CC/C=C/C(O)C(COP(=O)(O)OC1C(O)C(O)C(O)C(O)C1O)NC(=O)CC(O)CCCCCCCCCCCC. The van der Waals surface area contributed by atoms with Crippen molar-refractivity contribution in [3.05, 3.63) is 36.5 Å². The van der Waals surface area contributed by atoms with E-state index in [1.165, 1.54) is 89.5 Å². The minimum absolute atomic E-state index is 0.255. The summed E-state index contributed by atoms with van der Waals surface area (Å²) < 4.78 is 22.8. The monoisotopic (exact) mass is 834 g/mol. The van der Waals surface area contributed by atoms with Gasteiger partial charge in [0.2, 0.25) is 5.91 Å². The van der Waals surface area contributed by atoms with Crippen molar-refractivity contribution in [2.75, 3.05) is 6.61 Å². The summed E-state index contributed by atoms with van der Waals surface area (Å²) in [6.07, 6.45) is 22.5. The number of carbonyl (C=O) groups excluding carboxylic acids is 1. The van der Waals surface area contributed by atoms with Gasteiger partial charge in [0.25, 0.3) is 0 Å². The standard InChI is InChI=1S/C43H80NO12P/c1-3-5-7-9-11-13-15-16-17-18-19-20-21-23-25-27-29-31-36(46)35(33-55-57(53,54)56-43-41(51)39(49)38(48)40(50)42(43)52)44-37(47)32-34(45)30-28-26-24-22-14-12-10-8-6-4-2/h17-18,21,23,29,31,34-36,38-43,45-46,48-52H,3-16,19-20,22,24-28,30,32-33H2,1-2H3,(H,44,47)(H,53,54)/b18-17+,23-21+,31-29+. The fraction of sp³-hybridized carbons (Fsp3) is 0.837. The number of nitrogens with one attached hydrogen (secondary N) is 1. The van der Waals surface area contributed by atoms with Crippen molar-refractivity contribution in [3.63, 3.8) is 0 Å². The van der Waals surface area contributed by atoms with E-state index in [0.29, 0.717) is 19.3 Å². The van der Waals surface area contributed by atoms with Crippen LogP contribution in [0.5, 0.6) is 0 Å². The summed E-state index contributed by atoms with van der Waals surface area (Å²) in [5.41, 5.74) is 0. The Hall–Kier alpha value is -1.48. The molecule has 0 saturated heterocycles. The summed E-state index contributed by atoms with van der Waals surface area (Å²) in [5, 5.41) is 74.2. The molecule has 0 spiro atoms. The summed E-state index contributed by atoms with van der Waals surface area (Å²) in [4.78, 5) is 23.3.